The van der Waals surface area contributed by atoms with Gasteiger partial charge in [0.25, 0.3) is 0 Å². The summed E-state index contributed by atoms with van der Waals surface area (Å²) in [6.07, 6.45) is 0. The topological polar surface area (TPSA) is 53.6 Å². The number of nitrogens with zero attached hydrogens (tertiary/aromatic N) is 1. The van der Waals surface area contributed by atoms with Gasteiger partial charge in [-0.05, 0) is 73.5 Å². The van der Waals surface area contributed by atoms with Gasteiger partial charge in [0.15, 0.2) is 0 Å². The lowest BCUT2D eigenvalue weighted by Gasteiger charge is -2.41. The summed E-state index contributed by atoms with van der Waals surface area (Å²) in [7, 11) is 0. The summed E-state index contributed by atoms with van der Waals surface area (Å²) < 4.78 is 19.1. The Hall–Kier alpha value is -3.38. The first kappa shape index (κ1) is 20.9. The van der Waals surface area contributed by atoms with Crippen LogP contribution in [0.2, 0.25) is 0 Å². The maximum atomic E-state index is 13.3. The fraction of sp³-hybridized carbons (Fsp3) is 0.240. The number of hydrogen-bond acceptors (Lipinski definition) is 3. The molecule has 3 aromatic carbocycles. The van der Waals surface area contributed by atoms with Crippen molar-refractivity contribution in [2.75, 3.05) is 18.4 Å². The Morgan fingerprint density at radius 3 is 2.39 bits per heavy atom. The molecule has 1 atom stereocenters. The number of carbonyl (C=O) groups is 1. The number of benzene rings is 3. The van der Waals surface area contributed by atoms with Crippen LogP contribution in [0.3, 0.4) is 0 Å². The first-order chi connectivity index (χ1) is 15.0. The van der Waals surface area contributed by atoms with Gasteiger partial charge in [0.1, 0.15) is 17.3 Å². The monoisotopic (exact) mass is 419 g/mol. The molecule has 0 spiro atoms. The predicted molar refractivity (Wildman–Crippen MR) is 120 cm³/mol. The van der Waals surface area contributed by atoms with Gasteiger partial charge in [-0.15, -0.1) is 0 Å². The second kappa shape index (κ2) is 9.18. The summed E-state index contributed by atoms with van der Waals surface area (Å²) in [5.41, 5.74) is 2.72. The molecule has 1 aliphatic rings. The zero-order valence-electron chi connectivity index (χ0n) is 17.6. The molecule has 1 fully saturated rings. The number of ether oxygens (including phenoxy) is 1. The molecule has 0 aromatic heterocycles. The van der Waals surface area contributed by atoms with Crippen molar-refractivity contribution < 1.29 is 13.9 Å². The summed E-state index contributed by atoms with van der Waals surface area (Å²) in [6.45, 7) is 5.23. The Balaban J connectivity index is 1.24. The SMILES string of the molecule is Cc1cc(F)ccc1C(C)NC1CN(C(=O)Nc2ccc(Oc3ccccc3)cc2)C1. The minimum atomic E-state index is -0.223. The molecule has 0 aliphatic carbocycles. The highest BCUT2D eigenvalue weighted by atomic mass is 19.1. The summed E-state index contributed by atoms with van der Waals surface area (Å²) >= 11 is 0. The van der Waals surface area contributed by atoms with E-state index in [9.17, 15) is 9.18 Å². The van der Waals surface area contributed by atoms with E-state index in [1.54, 1.807) is 11.0 Å². The molecule has 31 heavy (non-hydrogen) atoms. The van der Waals surface area contributed by atoms with E-state index in [1.165, 1.54) is 6.07 Å². The van der Waals surface area contributed by atoms with Crippen LogP contribution in [0.4, 0.5) is 14.9 Å². The summed E-state index contributed by atoms with van der Waals surface area (Å²) in [5, 5.41) is 6.43. The van der Waals surface area contributed by atoms with Crippen molar-refractivity contribution in [3.8, 4) is 11.5 Å². The molecule has 0 bridgehead atoms. The number of halogens is 1. The number of likely N-dealkylation sites (tertiary alicyclic amines) is 1. The first-order valence-corrected chi connectivity index (χ1v) is 10.4. The van der Waals surface area contributed by atoms with E-state index in [0.29, 0.717) is 18.8 Å². The highest BCUT2D eigenvalue weighted by molar-refractivity contribution is 5.90. The van der Waals surface area contributed by atoms with Crippen LogP contribution < -0.4 is 15.4 Å². The van der Waals surface area contributed by atoms with Gasteiger partial charge in [-0.3, -0.25) is 0 Å². The Morgan fingerprint density at radius 1 is 1.03 bits per heavy atom. The van der Waals surface area contributed by atoms with Crippen molar-refractivity contribution in [1.82, 2.24) is 10.2 Å². The number of anilines is 1. The normalized spacial score (nSPS) is 14.6. The molecule has 1 aliphatic heterocycles. The van der Waals surface area contributed by atoms with Gasteiger partial charge in [-0.25, -0.2) is 9.18 Å². The molecule has 0 saturated carbocycles. The minimum Gasteiger partial charge on any atom is -0.457 e. The third kappa shape index (κ3) is 5.22. The average molecular weight is 420 g/mol. The molecular formula is C25H26FN3O2. The molecule has 2 N–H and O–H groups in total. The Bertz CT molecular complexity index is 1030. The smallest absolute Gasteiger partial charge is 0.321 e. The first-order valence-electron chi connectivity index (χ1n) is 10.4. The second-order valence-corrected chi connectivity index (χ2v) is 7.86. The third-order valence-corrected chi connectivity index (χ3v) is 5.44. The van der Waals surface area contributed by atoms with Crippen molar-refractivity contribution in [3.63, 3.8) is 0 Å². The van der Waals surface area contributed by atoms with Crippen LogP contribution in [0.5, 0.6) is 11.5 Å². The summed E-state index contributed by atoms with van der Waals surface area (Å²) in [6, 6.07) is 21.9. The molecule has 2 amide bonds. The Morgan fingerprint density at radius 2 is 1.71 bits per heavy atom. The zero-order valence-corrected chi connectivity index (χ0v) is 17.6. The molecule has 1 saturated heterocycles. The molecule has 160 valence electrons. The average Bonchev–Trinajstić information content (AvgIpc) is 2.72. The number of para-hydroxylation sites is 1. The van der Waals surface area contributed by atoms with E-state index in [1.807, 2.05) is 67.6 Å². The van der Waals surface area contributed by atoms with E-state index >= 15 is 0 Å². The number of nitrogens with one attached hydrogen (secondary N) is 2. The lowest BCUT2D eigenvalue weighted by Crippen LogP contribution is -2.61. The van der Waals surface area contributed by atoms with Gasteiger partial charge in [0.05, 0.1) is 0 Å². The van der Waals surface area contributed by atoms with Crippen LogP contribution in [0.15, 0.2) is 72.8 Å². The Labute approximate surface area is 181 Å². The molecule has 0 radical (unpaired) electrons. The summed E-state index contributed by atoms with van der Waals surface area (Å²) in [4.78, 5) is 14.2. The van der Waals surface area contributed by atoms with Gasteiger partial charge in [-0.2, -0.15) is 0 Å². The molecule has 1 unspecified atom stereocenters. The quantitative estimate of drug-likeness (QED) is 0.555. The number of carbonyl (C=O) groups excluding carboxylic acids is 1. The number of urea groups is 1. The number of rotatable bonds is 6. The maximum Gasteiger partial charge on any atom is 0.321 e. The van der Waals surface area contributed by atoms with Gasteiger partial charge in [0.2, 0.25) is 0 Å². The standard InChI is InChI=1S/C25H26FN3O2/c1-17-14-19(26)8-13-24(17)18(2)27-21-15-29(16-21)25(30)28-20-9-11-23(12-10-20)31-22-6-4-3-5-7-22/h3-14,18,21,27H,15-16H2,1-2H3,(H,28,30). The predicted octanol–water partition coefficient (Wildman–Crippen LogP) is 5.49. The second-order valence-electron chi connectivity index (χ2n) is 7.86. The minimum absolute atomic E-state index is 0.0907. The molecular weight excluding hydrogens is 393 g/mol. The number of aryl methyl sites for hydroxylation is 1. The number of hydrogen-bond donors (Lipinski definition) is 2. The molecule has 4 rings (SSSR count). The van der Waals surface area contributed by atoms with Crippen molar-refractivity contribution in [2.45, 2.75) is 25.9 Å². The van der Waals surface area contributed by atoms with E-state index in [4.69, 9.17) is 4.74 Å². The van der Waals surface area contributed by atoms with Crippen molar-refractivity contribution in [1.29, 1.82) is 0 Å². The van der Waals surface area contributed by atoms with Crippen molar-refractivity contribution in [2.24, 2.45) is 0 Å². The zero-order chi connectivity index (χ0) is 21.8. The van der Waals surface area contributed by atoms with Gasteiger partial charge in [-0.1, -0.05) is 24.3 Å². The summed E-state index contributed by atoms with van der Waals surface area (Å²) in [5.74, 6) is 1.26. The van der Waals surface area contributed by atoms with Crippen LogP contribution in [0.1, 0.15) is 24.1 Å². The van der Waals surface area contributed by atoms with Gasteiger partial charge >= 0.3 is 6.03 Å². The van der Waals surface area contributed by atoms with E-state index in [-0.39, 0.29) is 23.9 Å². The van der Waals surface area contributed by atoms with E-state index in [2.05, 4.69) is 17.6 Å². The third-order valence-electron chi connectivity index (χ3n) is 5.44. The van der Waals surface area contributed by atoms with Crippen LogP contribution >= 0.6 is 0 Å². The van der Waals surface area contributed by atoms with Crippen LogP contribution in [-0.4, -0.2) is 30.1 Å². The van der Waals surface area contributed by atoms with E-state index < -0.39 is 0 Å². The molecule has 3 aromatic rings. The van der Waals surface area contributed by atoms with Gasteiger partial charge < -0.3 is 20.3 Å². The highest BCUT2D eigenvalue weighted by Gasteiger charge is 2.31. The van der Waals surface area contributed by atoms with Gasteiger partial charge in [0, 0.05) is 30.9 Å². The van der Waals surface area contributed by atoms with Crippen molar-refractivity contribution >= 4 is 11.7 Å². The number of amides is 2. The molecule has 1 heterocycles. The molecule has 6 heteroatoms. The lowest BCUT2D eigenvalue weighted by atomic mass is 10.00. The molecule has 5 nitrogen and oxygen atoms in total. The largest absolute Gasteiger partial charge is 0.457 e. The fourth-order valence-electron chi connectivity index (χ4n) is 3.75. The lowest BCUT2D eigenvalue weighted by molar-refractivity contribution is 0.143. The highest BCUT2D eigenvalue weighted by Crippen LogP contribution is 2.24. The van der Waals surface area contributed by atoms with Crippen LogP contribution in [0, 0.1) is 12.7 Å². The Kier molecular flexibility index (Phi) is 6.18. The maximum absolute atomic E-state index is 13.3. The fourth-order valence-corrected chi connectivity index (χ4v) is 3.75. The van der Waals surface area contributed by atoms with E-state index in [0.717, 1.165) is 22.6 Å². The van der Waals surface area contributed by atoms with Crippen molar-refractivity contribution in [3.05, 3.63) is 89.7 Å². The van der Waals surface area contributed by atoms with Crippen LogP contribution in [0.25, 0.3) is 0 Å². The van der Waals surface area contributed by atoms with Crippen LogP contribution in [-0.2, 0) is 0 Å².